The lowest BCUT2D eigenvalue weighted by molar-refractivity contribution is -0.137. The van der Waals surface area contributed by atoms with Gasteiger partial charge in [-0.2, -0.15) is 0 Å². The van der Waals surface area contributed by atoms with Gasteiger partial charge in [0.1, 0.15) is 0 Å². The molecule has 3 aliphatic rings. The highest BCUT2D eigenvalue weighted by Crippen LogP contribution is 2.41. The predicted octanol–water partition coefficient (Wildman–Crippen LogP) is 6.02. The van der Waals surface area contributed by atoms with E-state index in [1.807, 2.05) is 11.8 Å². The SMILES string of the molecule is CC1(c2cc(Cl)c(Cl)c(Cl)c2)CC(c2ccc(C3CN(C(=O)C4CC4)C3)cc2)=NO1. The van der Waals surface area contributed by atoms with E-state index in [4.69, 9.17) is 39.6 Å². The Morgan fingerprint density at radius 2 is 1.73 bits per heavy atom. The molecule has 7 heteroatoms. The van der Waals surface area contributed by atoms with Crippen LogP contribution in [0.4, 0.5) is 0 Å². The molecule has 2 fully saturated rings. The lowest BCUT2D eigenvalue weighted by atomic mass is 9.87. The third-order valence-electron chi connectivity index (χ3n) is 6.29. The summed E-state index contributed by atoms with van der Waals surface area (Å²) in [4.78, 5) is 19.9. The Bertz CT molecular complexity index is 1020. The van der Waals surface area contributed by atoms with Crippen molar-refractivity contribution in [2.75, 3.05) is 13.1 Å². The first kappa shape index (κ1) is 20.2. The number of oxime groups is 1. The number of nitrogens with zero attached hydrogens (tertiary/aromatic N) is 2. The van der Waals surface area contributed by atoms with Gasteiger partial charge in [-0.25, -0.2) is 0 Å². The minimum Gasteiger partial charge on any atom is -0.384 e. The number of hydrogen-bond donors (Lipinski definition) is 0. The monoisotopic (exact) mass is 462 g/mol. The Labute approximate surface area is 190 Å². The molecule has 4 nitrogen and oxygen atoms in total. The average molecular weight is 464 g/mol. The number of carbonyl (C=O) groups is 1. The number of halogens is 3. The first-order valence-corrected chi connectivity index (χ1v) is 11.3. The van der Waals surface area contributed by atoms with Crippen molar-refractivity contribution in [2.24, 2.45) is 11.1 Å². The van der Waals surface area contributed by atoms with Crippen molar-refractivity contribution in [2.45, 2.75) is 37.7 Å². The van der Waals surface area contributed by atoms with Crippen LogP contribution in [0.5, 0.6) is 0 Å². The van der Waals surface area contributed by atoms with Gasteiger partial charge in [-0.1, -0.05) is 64.2 Å². The summed E-state index contributed by atoms with van der Waals surface area (Å²) < 4.78 is 0. The summed E-state index contributed by atoms with van der Waals surface area (Å²) in [5.41, 5.74) is 3.36. The second kappa shape index (κ2) is 7.44. The van der Waals surface area contributed by atoms with E-state index in [2.05, 4.69) is 29.4 Å². The molecule has 0 aromatic heterocycles. The van der Waals surface area contributed by atoms with Crippen molar-refractivity contribution in [3.8, 4) is 0 Å². The summed E-state index contributed by atoms with van der Waals surface area (Å²) in [6.07, 6.45) is 2.73. The van der Waals surface area contributed by atoms with Gasteiger partial charge in [-0.3, -0.25) is 4.79 Å². The molecule has 2 aliphatic heterocycles. The number of hydrogen-bond acceptors (Lipinski definition) is 3. The van der Waals surface area contributed by atoms with Crippen molar-refractivity contribution in [1.82, 2.24) is 4.90 Å². The topological polar surface area (TPSA) is 41.9 Å². The number of likely N-dealkylation sites (tertiary alicyclic amines) is 1. The molecule has 1 saturated heterocycles. The van der Waals surface area contributed by atoms with E-state index in [1.54, 1.807) is 12.1 Å². The predicted molar refractivity (Wildman–Crippen MR) is 120 cm³/mol. The fourth-order valence-corrected chi connectivity index (χ4v) is 4.71. The van der Waals surface area contributed by atoms with Crippen LogP contribution in [0.2, 0.25) is 15.1 Å². The molecule has 2 heterocycles. The maximum Gasteiger partial charge on any atom is 0.225 e. The highest BCUT2D eigenvalue weighted by Gasteiger charge is 2.40. The van der Waals surface area contributed by atoms with Gasteiger partial charge in [-0.05, 0) is 43.0 Å². The van der Waals surface area contributed by atoms with Gasteiger partial charge in [0.05, 0.1) is 20.8 Å². The Hall–Kier alpha value is -1.75. The van der Waals surface area contributed by atoms with E-state index in [9.17, 15) is 4.79 Å². The van der Waals surface area contributed by atoms with Crippen molar-refractivity contribution in [3.63, 3.8) is 0 Å². The molecule has 30 heavy (non-hydrogen) atoms. The van der Waals surface area contributed by atoms with Crippen molar-refractivity contribution in [1.29, 1.82) is 0 Å². The summed E-state index contributed by atoms with van der Waals surface area (Å²) in [5.74, 6) is 1.06. The summed E-state index contributed by atoms with van der Waals surface area (Å²) in [7, 11) is 0. The molecular formula is C23H21Cl3N2O2. The van der Waals surface area contributed by atoms with Crippen LogP contribution in [0.25, 0.3) is 0 Å². The molecule has 0 N–H and O–H groups in total. The second-order valence-corrected chi connectivity index (χ2v) is 9.82. The van der Waals surface area contributed by atoms with E-state index < -0.39 is 5.60 Å². The first-order chi connectivity index (χ1) is 14.3. The van der Waals surface area contributed by atoms with Gasteiger partial charge in [0.25, 0.3) is 0 Å². The van der Waals surface area contributed by atoms with Crippen LogP contribution in [0, 0.1) is 5.92 Å². The van der Waals surface area contributed by atoms with Crippen LogP contribution in [-0.4, -0.2) is 29.6 Å². The van der Waals surface area contributed by atoms with Crippen molar-refractivity contribution < 1.29 is 9.63 Å². The Morgan fingerprint density at radius 1 is 1.10 bits per heavy atom. The van der Waals surface area contributed by atoms with E-state index >= 15 is 0 Å². The Kier molecular flexibility index (Phi) is 5.00. The minimum atomic E-state index is -0.649. The van der Waals surface area contributed by atoms with E-state index in [-0.39, 0.29) is 0 Å². The standard InChI is InChI=1S/C23H21Cl3N2O2/c1-23(17-8-18(24)21(26)19(25)9-17)10-20(27-30-23)14-4-2-13(3-5-14)16-11-28(12-16)22(29)15-6-7-15/h2-5,8-9,15-16H,6-7,10-12H2,1H3. The van der Waals surface area contributed by atoms with E-state index in [0.29, 0.717) is 39.2 Å². The van der Waals surface area contributed by atoms with Crippen LogP contribution in [0.3, 0.4) is 0 Å². The van der Waals surface area contributed by atoms with Crippen LogP contribution in [0.1, 0.15) is 48.8 Å². The zero-order valence-corrected chi connectivity index (χ0v) is 18.8. The molecule has 2 aromatic rings. The zero-order chi connectivity index (χ0) is 21.0. The normalized spacial score (nSPS) is 23.7. The smallest absolute Gasteiger partial charge is 0.225 e. The van der Waals surface area contributed by atoms with Gasteiger partial charge >= 0.3 is 0 Å². The molecule has 156 valence electrons. The average Bonchev–Trinajstić information content (AvgIpc) is 3.47. The fraction of sp³-hybridized carbons (Fsp3) is 0.391. The summed E-state index contributed by atoms with van der Waals surface area (Å²) in [6, 6.07) is 12.0. The number of rotatable bonds is 4. The highest BCUT2D eigenvalue weighted by molar-refractivity contribution is 6.48. The second-order valence-electron chi connectivity index (χ2n) is 8.63. The number of carbonyl (C=O) groups excluding carboxylic acids is 1. The van der Waals surface area contributed by atoms with Crippen molar-refractivity contribution >= 4 is 46.4 Å². The summed E-state index contributed by atoms with van der Waals surface area (Å²) in [6.45, 7) is 3.62. The highest BCUT2D eigenvalue weighted by atomic mass is 35.5. The Balaban J connectivity index is 1.25. The lowest BCUT2D eigenvalue weighted by Crippen LogP contribution is -2.49. The zero-order valence-electron chi connectivity index (χ0n) is 16.5. The molecule has 1 saturated carbocycles. The van der Waals surface area contributed by atoms with Crippen LogP contribution < -0.4 is 0 Å². The quantitative estimate of drug-likeness (QED) is 0.520. The lowest BCUT2D eigenvalue weighted by Gasteiger charge is -2.39. The molecule has 1 aliphatic carbocycles. The van der Waals surface area contributed by atoms with Crippen LogP contribution >= 0.6 is 34.8 Å². The van der Waals surface area contributed by atoms with Gasteiger partial charge in [0.15, 0.2) is 5.60 Å². The molecule has 5 rings (SSSR count). The molecule has 0 spiro atoms. The van der Waals surface area contributed by atoms with E-state index in [0.717, 1.165) is 42.8 Å². The third-order valence-corrected chi connectivity index (χ3v) is 7.49. The largest absolute Gasteiger partial charge is 0.384 e. The molecule has 1 atom stereocenters. The Morgan fingerprint density at radius 3 is 2.33 bits per heavy atom. The van der Waals surface area contributed by atoms with Gasteiger partial charge < -0.3 is 9.74 Å². The van der Waals surface area contributed by atoms with Gasteiger partial charge in [-0.15, -0.1) is 0 Å². The fourth-order valence-electron chi connectivity index (χ4n) is 4.12. The molecule has 1 unspecified atom stereocenters. The molecule has 0 bridgehead atoms. The molecular weight excluding hydrogens is 443 g/mol. The minimum absolute atomic E-state index is 0.299. The molecule has 1 amide bonds. The number of amides is 1. The van der Waals surface area contributed by atoms with E-state index in [1.165, 1.54) is 5.56 Å². The third kappa shape index (κ3) is 3.59. The molecule has 0 radical (unpaired) electrons. The summed E-state index contributed by atoms with van der Waals surface area (Å²) >= 11 is 18.5. The van der Waals surface area contributed by atoms with Crippen LogP contribution in [-0.2, 0) is 15.2 Å². The summed E-state index contributed by atoms with van der Waals surface area (Å²) in [5, 5.41) is 5.47. The molecule has 2 aromatic carbocycles. The maximum atomic E-state index is 12.1. The maximum absolute atomic E-state index is 12.1. The first-order valence-electron chi connectivity index (χ1n) is 10.1. The van der Waals surface area contributed by atoms with Crippen molar-refractivity contribution in [3.05, 3.63) is 68.2 Å². The van der Waals surface area contributed by atoms with Gasteiger partial charge in [0.2, 0.25) is 5.91 Å². The number of benzene rings is 2. The van der Waals surface area contributed by atoms with Crippen LogP contribution in [0.15, 0.2) is 41.6 Å². The van der Waals surface area contributed by atoms with Gasteiger partial charge in [0, 0.05) is 36.9 Å².